The van der Waals surface area contributed by atoms with Crippen LogP contribution in [0.15, 0.2) is 217 Å². The second-order valence-corrected chi connectivity index (χ2v) is 15.9. The molecular weight excluding hydrogens is 771 g/mol. The highest BCUT2D eigenvalue weighted by Gasteiger charge is 2.28. The predicted molar refractivity (Wildman–Crippen MR) is 258 cm³/mol. The van der Waals surface area contributed by atoms with Crippen molar-refractivity contribution in [1.29, 1.82) is 0 Å². The van der Waals surface area contributed by atoms with Crippen LogP contribution in [0.5, 0.6) is 0 Å². The van der Waals surface area contributed by atoms with Gasteiger partial charge in [-0.2, -0.15) is 0 Å². The minimum atomic E-state index is 0.557. The van der Waals surface area contributed by atoms with Crippen LogP contribution in [0.25, 0.3) is 122 Å². The summed E-state index contributed by atoms with van der Waals surface area (Å²) in [6, 6.07) is 74.4. The van der Waals surface area contributed by atoms with Crippen molar-refractivity contribution in [1.82, 2.24) is 24.1 Å². The molecule has 0 amide bonds. The highest BCUT2D eigenvalue weighted by Crippen LogP contribution is 2.48. The number of nitrogens with zero attached hydrogens (tertiary/aromatic N) is 5. The van der Waals surface area contributed by atoms with Crippen molar-refractivity contribution in [2.45, 2.75) is 0 Å². The third kappa shape index (κ3) is 5.41. The van der Waals surface area contributed by atoms with Gasteiger partial charge in [-0.1, -0.05) is 170 Å². The molecule has 0 unspecified atom stereocenters. The number of hydrogen-bond acceptors (Lipinski definition) is 4. The van der Waals surface area contributed by atoms with Crippen LogP contribution in [0.4, 0.5) is 0 Å². The quantitative estimate of drug-likeness (QED) is 0.168. The zero-order chi connectivity index (χ0) is 41.4. The van der Waals surface area contributed by atoms with E-state index in [1.807, 2.05) is 48.5 Å². The van der Waals surface area contributed by atoms with E-state index in [0.717, 1.165) is 94.0 Å². The summed E-state index contributed by atoms with van der Waals surface area (Å²) < 4.78 is 11.8. The standard InChI is InChI=1S/C57H35N5O/c1-3-18-36(19-4-1)55-58-56(37-20-5-2-6-21-37)60-57(59-55)45-34-35-50(61-46-29-12-7-22-38(46)39-23-8-13-30-47(39)61)53(62-48-31-14-9-24-40(48)41-25-10-15-32-49(41)62)52(45)44-28-17-27-43-42-26-11-16-33-51(42)63-54(43)44/h1-35H. The lowest BCUT2D eigenvalue weighted by atomic mass is 9.93. The highest BCUT2D eigenvalue weighted by molar-refractivity contribution is 6.15. The third-order valence-corrected chi connectivity index (χ3v) is 12.4. The number of benzene rings is 9. The van der Waals surface area contributed by atoms with Crippen molar-refractivity contribution in [2.75, 3.05) is 0 Å². The lowest BCUT2D eigenvalue weighted by Gasteiger charge is -2.23. The van der Waals surface area contributed by atoms with Crippen LogP contribution in [0.1, 0.15) is 0 Å². The van der Waals surface area contributed by atoms with Crippen LogP contribution in [0, 0.1) is 0 Å². The molecule has 294 valence electrons. The molecule has 4 heterocycles. The van der Waals surface area contributed by atoms with E-state index in [0.29, 0.717) is 17.5 Å². The summed E-state index contributed by atoms with van der Waals surface area (Å²) in [6.07, 6.45) is 0. The second-order valence-electron chi connectivity index (χ2n) is 15.9. The Bertz CT molecular complexity index is 3750. The fourth-order valence-corrected chi connectivity index (χ4v) is 9.66. The Balaban J connectivity index is 1.26. The molecule has 63 heavy (non-hydrogen) atoms. The maximum absolute atomic E-state index is 6.96. The molecule has 0 fully saturated rings. The van der Waals surface area contributed by atoms with Gasteiger partial charge in [0, 0.05) is 60.1 Å². The summed E-state index contributed by atoms with van der Waals surface area (Å²) in [5.41, 5.74) is 12.5. The molecule has 6 heteroatoms. The Morgan fingerprint density at radius 1 is 0.317 bits per heavy atom. The van der Waals surface area contributed by atoms with Crippen LogP contribution in [0.3, 0.4) is 0 Å². The average molecular weight is 806 g/mol. The topological polar surface area (TPSA) is 61.7 Å². The summed E-state index contributed by atoms with van der Waals surface area (Å²) >= 11 is 0. The molecule has 6 nitrogen and oxygen atoms in total. The number of aromatic nitrogens is 5. The molecular formula is C57H35N5O. The van der Waals surface area contributed by atoms with Crippen LogP contribution in [-0.2, 0) is 0 Å². The molecule has 0 atom stereocenters. The molecule has 0 bridgehead atoms. The predicted octanol–water partition coefficient (Wildman–Crippen LogP) is 14.6. The Labute approximate surface area is 361 Å². The zero-order valence-corrected chi connectivity index (χ0v) is 33.9. The molecule has 0 aliphatic carbocycles. The SMILES string of the molecule is c1ccc(-c2nc(-c3ccccc3)nc(-c3ccc(-n4c5ccccc5c5ccccc54)c(-n4c5ccccc5c5ccccc54)c3-c3cccc4c3oc3ccccc34)n2)cc1. The molecule has 0 N–H and O–H groups in total. The van der Waals surface area contributed by atoms with Crippen LogP contribution < -0.4 is 0 Å². The van der Waals surface area contributed by atoms with E-state index in [2.05, 4.69) is 173 Å². The molecule has 4 aromatic heterocycles. The molecule has 0 aliphatic rings. The zero-order valence-electron chi connectivity index (χ0n) is 33.9. The van der Waals surface area contributed by atoms with Crippen molar-refractivity contribution in [2.24, 2.45) is 0 Å². The van der Waals surface area contributed by atoms with E-state index in [4.69, 9.17) is 19.4 Å². The normalized spacial score (nSPS) is 11.8. The number of rotatable bonds is 6. The summed E-state index contributed by atoms with van der Waals surface area (Å²) in [7, 11) is 0. The van der Waals surface area contributed by atoms with Crippen LogP contribution in [-0.4, -0.2) is 24.1 Å². The van der Waals surface area contributed by atoms with E-state index < -0.39 is 0 Å². The van der Waals surface area contributed by atoms with Crippen molar-refractivity contribution in [3.63, 3.8) is 0 Å². The van der Waals surface area contributed by atoms with Gasteiger partial charge in [0.05, 0.1) is 33.4 Å². The van der Waals surface area contributed by atoms with Crippen LogP contribution in [0.2, 0.25) is 0 Å². The molecule has 13 aromatic rings. The molecule has 13 rings (SSSR count). The first-order chi connectivity index (χ1) is 31.3. The van der Waals surface area contributed by atoms with Gasteiger partial charge in [0.2, 0.25) is 0 Å². The van der Waals surface area contributed by atoms with Gasteiger partial charge in [0.1, 0.15) is 11.2 Å². The molecule has 0 saturated carbocycles. The van der Waals surface area contributed by atoms with Gasteiger partial charge in [-0.15, -0.1) is 0 Å². The monoisotopic (exact) mass is 805 g/mol. The first-order valence-corrected chi connectivity index (χ1v) is 21.2. The molecule has 0 spiro atoms. The van der Waals surface area contributed by atoms with Gasteiger partial charge in [-0.25, -0.2) is 15.0 Å². The smallest absolute Gasteiger partial charge is 0.164 e. The average Bonchev–Trinajstić information content (AvgIpc) is 4.02. The summed E-state index contributed by atoms with van der Waals surface area (Å²) in [4.78, 5) is 15.9. The minimum Gasteiger partial charge on any atom is -0.455 e. The van der Waals surface area contributed by atoms with Crippen molar-refractivity contribution >= 4 is 65.6 Å². The first-order valence-electron chi connectivity index (χ1n) is 21.2. The molecule has 9 aromatic carbocycles. The largest absolute Gasteiger partial charge is 0.455 e. The van der Waals surface area contributed by atoms with Crippen molar-refractivity contribution < 1.29 is 4.42 Å². The third-order valence-electron chi connectivity index (χ3n) is 12.4. The highest BCUT2D eigenvalue weighted by atomic mass is 16.3. The summed E-state index contributed by atoms with van der Waals surface area (Å²) in [5, 5.41) is 6.79. The summed E-state index contributed by atoms with van der Waals surface area (Å²) in [5.74, 6) is 1.75. The summed E-state index contributed by atoms with van der Waals surface area (Å²) in [6.45, 7) is 0. The second kappa shape index (κ2) is 14.0. The van der Waals surface area contributed by atoms with E-state index in [1.54, 1.807) is 0 Å². The Morgan fingerprint density at radius 3 is 1.32 bits per heavy atom. The molecule has 0 saturated heterocycles. The molecule has 0 radical (unpaired) electrons. The lowest BCUT2D eigenvalue weighted by molar-refractivity contribution is 0.670. The Hall–Kier alpha value is -8.61. The van der Waals surface area contributed by atoms with Gasteiger partial charge in [-0.05, 0) is 42.5 Å². The Kier molecular flexibility index (Phi) is 7.80. The maximum atomic E-state index is 6.96. The van der Waals surface area contributed by atoms with Gasteiger partial charge in [0.25, 0.3) is 0 Å². The number of para-hydroxylation sites is 6. The fraction of sp³-hybridized carbons (Fsp3) is 0. The van der Waals surface area contributed by atoms with Crippen LogP contribution >= 0.6 is 0 Å². The molecule has 0 aliphatic heterocycles. The van der Waals surface area contributed by atoms with E-state index in [-0.39, 0.29) is 0 Å². The first kappa shape index (κ1) is 35.2. The van der Waals surface area contributed by atoms with Crippen molar-refractivity contribution in [3.8, 4) is 56.7 Å². The minimum absolute atomic E-state index is 0.557. The lowest BCUT2D eigenvalue weighted by Crippen LogP contribution is -2.08. The maximum Gasteiger partial charge on any atom is 0.164 e. The van der Waals surface area contributed by atoms with E-state index >= 15 is 0 Å². The fourth-order valence-electron chi connectivity index (χ4n) is 9.66. The number of furan rings is 1. The number of fused-ring (bicyclic) bond motifs is 9. The van der Waals surface area contributed by atoms with Gasteiger partial charge in [-0.3, -0.25) is 0 Å². The van der Waals surface area contributed by atoms with E-state index in [9.17, 15) is 0 Å². The van der Waals surface area contributed by atoms with Crippen molar-refractivity contribution in [3.05, 3.63) is 212 Å². The van der Waals surface area contributed by atoms with E-state index in [1.165, 1.54) is 10.8 Å². The Morgan fingerprint density at radius 2 is 0.762 bits per heavy atom. The van der Waals surface area contributed by atoms with Gasteiger partial charge >= 0.3 is 0 Å². The van der Waals surface area contributed by atoms with Gasteiger partial charge in [0.15, 0.2) is 17.5 Å². The van der Waals surface area contributed by atoms with Gasteiger partial charge < -0.3 is 13.6 Å². The number of hydrogen-bond donors (Lipinski definition) is 0.